The molecule has 166 valence electrons. The molecule has 1 aliphatic rings. The molecule has 1 unspecified atom stereocenters. The van der Waals surface area contributed by atoms with E-state index in [-0.39, 0.29) is 18.5 Å². The van der Waals surface area contributed by atoms with Gasteiger partial charge in [-0.25, -0.2) is 0 Å². The number of halogens is 1. The lowest BCUT2D eigenvalue weighted by atomic mass is 10.1. The number of nitrogens with one attached hydrogen (secondary N) is 1. The van der Waals surface area contributed by atoms with Crippen LogP contribution in [-0.2, 0) is 11.3 Å². The quantitative estimate of drug-likeness (QED) is 0.496. The van der Waals surface area contributed by atoms with Crippen molar-refractivity contribution in [3.05, 3.63) is 75.8 Å². The summed E-state index contributed by atoms with van der Waals surface area (Å²) < 4.78 is 7.43. The average molecular weight is 451 g/mol. The Balaban J connectivity index is 1.57. The maximum atomic E-state index is 13.2. The van der Waals surface area contributed by atoms with E-state index in [4.69, 9.17) is 16.0 Å². The molecule has 1 fully saturated rings. The molecule has 0 spiro atoms. The number of carbonyl (C=O) groups excluding carboxylic acids is 1. The standard InChI is InChI=1S/C25H27ClN4O2/c1-16-17(2)30(14-20-7-6-12-32-20)25(22(16)13-27)28-24(31)15-29(19-10-11-19)18(3)21-8-4-5-9-23(21)26/h4-9,12,18-19H,10-11,14-15H2,1-3H3,(H,28,31). The minimum absolute atomic E-state index is 0.00997. The predicted octanol–water partition coefficient (Wildman–Crippen LogP) is 5.44. The third-order valence-corrected chi connectivity index (χ3v) is 6.63. The van der Waals surface area contributed by atoms with Gasteiger partial charge in [0.1, 0.15) is 17.6 Å². The van der Waals surface area contributed by atoms with Crippen molar-refractivity contribution < 1.29 is 9.21 Å². The van der Waals surface area contributed by atoms with Gasteiger partial charge in [0.25, 0.3) is 0 Å². The van der Waals surface area contributed by atoms with Crippen LogP contribution in [0.3, 0.4) is 0 Å². The molecule has 1 aromatic carbocycles. The van der Waals surface area contributed by atoms with Crippen LogP contribution >= 0.6 is 11.6 Å². The number of hydrogen-bond donors (Lipinski definition) is 1. The lowest BCUT2D eigenvalue weighted by molar-refractivity contribution is -0.118. The molecule has 1 N–H and O–H groups in total. The molecule has 1 saturated carbocycles. The molecule has 0 radical (unpaired) electrons. The molecule has 3 aromatic rings. The van der Waals surface area contributed by atoms with Gasteiger partial charge in [0.15, 0.2) is 0 Å². The zero-order valence-corrected chi connectivity index (χ0v) is 19.3. The molecule has 2 aromatic heterocycles. The van der Waals surface area contributed by atoms with Crippen molar-refractivity contribution in [1.29, 1.82) is 5.26 Å². The minimum atomic E-state index is -0.148. The van der Waals surface area contributed by atoms with Crippen LogP contribution in [0.15, 0.2) is 47.1 Å². The first-order valence-electron chi connectivity index (χ1n) is 10.8. The van der Waals surface area contributed by atoms with Gasteiger partial charge in [-0.2, -0.15) is 5.26 Å². The number of amides is 1. The predicted molar refractivity (Wildman–Crippen MR) is 125 cm³/mol. The second-order valence-corrected chi connectivity index (χ2v) is 8.77. The van der Waals surface area contributed by atoms with E-state index in [1.54, 1.807) is 6.26 Å². The molecule has 1 atom stereocenters. The molecule has 1 aliphatic carbocycles. The number of aromatic nitrogens is 1. The molecule has 1 amide bonds. The summed E-state index contributed by atoms with van der Waals surface area (Å²) in [5.74, 6) is 1.13. The smallest absolute Gasteiger partial charge is 0.239 e. The number of carbonyl (C=O) groups is 1. The van der Waals surface area contributed by atoms with Crippen molar-refractivity contribution in [2.75, 3.05) is 11.9 Å². The van der Waals surface area contributed by atoms with Gasteiger partial charge in [-0.15, -0.1) is 0 Å². The van der Waals surface area contributed by atoms with Crippen LogP contribution in [0.2, 0.25) is 5.02 Å². The maximum absolute atomic E-state index is 13.2. The third-order valence-electron chi connectivity index (χ3n) is 6.29. The molecule has 6 nitrogen and oxygen atoms in total. The Hall–Kier alpha value is -3.01. The Kier molecular flexibility index (Phi) is 6.40. The van der Waals surface area contributed by atoms with Crippen LogP contribution in [-0.4, -0.2) is 28.0 Å². The molecule has 0 saturated heterocycles. The van der Waals surface area contributed by atoms with Crippen molar-refractivity contribution in [2.45, 2.75) is 52.2 Å². The summed E-state index contributed by atoms with van der Waals surface area (Å²) in [6, 6.07) is 14.1. The fourth-order valence-corrected chi connectivity index (χ4v) is 4.50. The highest BCUT2D eigenvalue weighted by atomic mass is 35.5. The molecule has 32 heavy (non-hydrogen) atoms. The summed E-state index contributed by atoms with van der Waals surface area (Å²) in [6.45, 7) is 6.61. The molecular formula is C25H27ClN4O2. The SMILES string of the molecule is Cc1c(C#N)c(NC(=O)CN(C2CC2)C(C)c2ccccc2Cl)n(Cc2ccco2)c1C. The van der Waals surface area contributed by atoms with E-state index in [1.165, 1.54) is 0 Å². The zero-order chi connectivity index (χ0) is 22.8. The van der Waals surface area contributed by atoms with Crippen LogP contribution < -0.4 is 5.32 Å². The molecule has 0 bridgehead atoms. The van der Waals surface area contributed by atoms with E-state index in [9.17, 15) is 10.1 Å². The van der Waals surface area contributed by atoms with E-state index < -0.39 is 0 Å². The first-order chi connectivity index (χ1) is 15.4. The molecule has 0 aliphatic heterocycles. The van der Waals surface area contributed by atoms with Crippen molar-refractivity contribution >= 4 is 23.3 Å². The van der Waals surface area contributed by atoms with Gasteiger partial charge in [0, 0.05) is 22.8 Å². The van der Waals surface area contributed by atoms with Gasteiger partial charge >= 0.3 is 0 Å². The summed E-state index contributed by atoms with van der Waals surface area (Å²) >= 11 is 6.43. The fourth-order valence-electron chi connectivity index (χ4n) is 4.20. The van der Waals surface area contributed by atoms with E-state index in [0.29, 0.717) is 29.0 Å². The number of anilines is 1. The van der Waals surface area contributed by atoms with Crippen LogP contribution in [0.4, 0.5) is 5.82 Å². The monoisotopic (exact) mass is 450 g/mol. The van der Waals surface area contributed by atoms with E-state index in [2.05, 4.69) is 23.2 Å². The summed E-state index contributed by atoms with van der Waals surface area (Å²) in [6.07, 6.45) is 3.76. The van der Waals surface area contributed by atoms with E-state index in [0.717, 1.165) is 35.4 Å². The first kappa shape index (κ1) is 22.2. The number of nitrogens with zero attached hydrogens (tertiary/aromatic N) is 3. The molecular weight excluding hydrogens is 424 g/mol. The van der Waals surface area contributed by atoms with Gasteiger partial charge in [-0.3, -0.25) is 9.69 Å². The van der Waals surface area contributed by atoms with Gasteiger partial charge in [-0.1, -0.05) is 29.8 Å². The lowest BCUT2D eigenvalue weighted by Gasteiger charge is -2.29. The minimum Gasteiger partial charge on any atom is -0.467 e. The third kappa shape index (κ3) is 4.45. The summed E-state index contributed by atoms with van der Waals surface area (Å²) in [4.78, 5) is 15.4. The van der Waals surface area contributed by atoms with Crippen LogP contribution in [0.5, 0.6) is 0 Å². The highest BCUT2D eigenvalue weighted by Crippen LogP contribution is 2.36. The van der Waals surface area contributed by atoms with Gasteiger partial charge in [0.05, 0.1) is 24.9 Å². The second kappa shape index (κ2) is 9.23. The average Bonchev–Trinajstić information content (AvgIpc) is 3.44. The van der Waals surface area contributed by atoms with Crippen molar-refractivity contribution in [3.8, 4) is 6.07 Å². The Morgan fingerprint density at radius 1 is 1.31 bits per heavy atom. The number of nitriles is 1. The highest BCUT2D eigenvalue weighted by molar-refractivity contribution is 6.31. The normalized spacial score (nSPS) is 14.4. The number of benzene rings is 1. The van der Waals surface area contributed by atoms with E-state index >= 15 is 0 Å². The first-order valence-corrected chi connectivity index (χ1v) is 11.2. The zero-order valence-electron chi connectivity index (χ0n) is 18.6. The van der Waals surface area contributed by atoms with Crippen LogP contribution in [0.25, 0.3) is 0 Å². The second-order valence-electron chi connectivity index (χ2n) is 8.36. The van der Waals surface area contributed by atoms with E-state index in [1.807, 2.05) is 54.8 Å². The van der Waals surface area contributed by atoms with Crippen molar-refractivity contribution in [1.82, 2.24) is 9.47 Å². The lowest BCUT2D eigenvalue weighted by Crippen LogP contribution is -2.37. The Morgan fingerprint density at radius 3 is 2.69 bits per heavy atom. The van der Waals surface area contributed by atoms with Gasteiger partial charge < -0.3 is 14.3 Å². The number of hydrogen-bond acceptors (Lipinski definition) is 4. The summed E-state index contributed by atoms with van der Waals surface area (Å²) in [5.41, 5.74) is 3.29. The largest absolute Gasteiger partial charge is 0.467 e. The molecule has 2 heterocycles. The van der Waals surface area contributed by atoms with Crippen molar-refractivity contribution in [2.24, 2.45) is 0 Å². The maximum Gasteiger partial charge on any atom is 0.239 e. The topological polar surface area (TPSA) is 74.2 Å². The highest BCUT2D eigenvalue weighted by Gasteiger charge is 2.35. The summed E-state index contributed by atoms with van der Waals surface area (Å²) in [5, 5.41) is 13.5. The van der Waals surface area contributed by atoms with Gasteiger partial charge in [0.2, 0.25) is 5.91 Å². The van der Waals surface area contributed by atoms with Gasteiger partial charge in [-0.05, 0) is 62.9 Å². The Bertz CT molecular complexity index is 1160. The fraction of sp³-hybridized carbons (Fsp3) is 0.360. The number of rotatable bonds is 8. The molecule has 4 rings (SSSR count). The molecule has 7 heteroatoms. The Morgan fingerprint density at radius 2 is 2.06 bits per heavy atom. The Labute approximate surface area is 193 Å². The van der Waals surface area contributed by atoms with Crippen LogP contribution in [0, 0.1) is 25.2 Å². The van der Waals surface area contributed by atoms with Crippen molar-refractivity contribution in [3.63, 3.8) is 0 Å². The number of furan rings is 1. The van der Waals surface area contributed by atoms with Crippen LogP contribution in [0.1, 0.15) is 54.0 Å². The summed E-state index contributed by atoms with van der Waals surface area (Å²) in [7, 11) is 0.